The summed E-state index contributed by atoms with van der Waals surface area (Å²) in [5, 5.41) is 12.4. The van der Waals surface area contributed by atoms with E-state index in [1.165, 1.54) is 6.08 Å². The van der Waals surface area contributed by atoms with E-state index in [0.717, 1.165) is 16.9 Å². The van der Waals surface area contributed by atoms with Crippen molar-refractivity contribution >= 4 is 34.3 Å². The Labute approximate surface area is 179 Å². The Hall–Kier alpha value is -3.31. The van der Waals surface area contributed by atoms with Crippen molar-refractivity contribution in [3.05, 3.63) is 45.8 Å². The number of carbonyl (C=O) groups excluding carboxylic acids is 2. The largest absolute Gasteiger partial charge is 0.493 e. The summed E-state index contributed by atoms with van der Waals surface area (Å²) in [6.45, 7) is 7.43. The summed E-state index contributed by atoms with van der Waals surface area (Å²) in [4.78, 5) is 24.7. The number of ether oxygens (including phenoxy) is 3. The second-order valence-corrected chi connectivity index (χ2v) is 7.51. The molecular formula is C22H24N2O5S. The predicted molar refractivity (Wildman–Crippen MR) is 116 cm³/mol. The summed E-state index contributed by atoms with van der Waals surface area (Å²) in [5.74, 6) is 0.243. The number of nitrogens with one attached hydrogen (secondary N) is 1. The first kappa shape index (κ1) is 23.0. The molecule has 0 bridgehead atoms. The number of amides is 1. The number of esters is 1. The van der Waals surface area contributed by atoms with Crippen LogP contribution in [0, 0.1) is 18.3 Å². The standard InChI is InChI=1S/C22H24N2O5S/c1-6-28-22(26)20-14(4)16(12-23)21(30-20)24-19(25)10-8-15-7-9-17(29-13(2)3)18(11-15)27-5/h7-11,13H,6H2,1-5H3,(H,24,25)/b10-8-. The highest BCUT2D eigenvalue weighted by atomic mass is 32.1. The fourth-order valence-corrected chi connectivity index (χ4v) is 3.65. The second kappa shape index (κ2) is 10.5. The van der Waals surface area contributed by atoms with Gasteiger partial charge in [0.25, 0.3) is 0 Å². The number of hydrogen-bond donors (Lipinski definition) is 1. The molecule has 1 amide bonds. The van der Waals surface area contributed by atoms with Crippen LogP contribution in [-0.2, 0) is 9.53 Å². The van der Waals surface area contributed by atoms with Gasteiger partial charge >= 0.3 is 5.97 Å². The highest BCUT2D eigenvalue weighted by Gasteiger charge is 2.21. The molecule has 1 aromatic carbocycles. The topological polar surface area (TPSA) is 97.7 Å². The maximum Gasteiger partial charge on any atom is 0.348 e. The number of methoxy groups -OCH3 is 1. The number of benzene rings is 1. The third kappa shape index (κ3) is 5.61. The van der Waals surface area contributed by atoms with Crippen LogP contribution in [0.2, 0.25) is 0 Å². The van der Waals surface area contributed by atoms with Crippen LogP contribution in [0.25, 0.3) is 6.08 Å². The highest BCUT2D eigenvalue weighted by molar-refractivity contribution is 7.18. The molecule has 0 atom stereocenters. The molecule has 0 unspecified atom stereocenters. The van der Waals surface area contributed by atoms with Gasteiger partial charge in [0, 0.05) is 6.08 Å². The normalized spacial score (nSPS) is 10.7. The molecule has 7 nitrogen and oxygen atoms in total. The molecule has 0 saturated heterocycles. The number of rotatable bonds is 8. The van der Waals surface area contributed by atoms with Crippen LogP contribution in [0.15, 0.2) is 24.3 Å². The van der Waals surface area contributed by atoms with Gasteiger partial charge in [-0.3, -0.25) is 4.79 Å². The van der Waals surface area contributed by atoms with E-state index < -0.39 is 11.9 Å². The van der Waals surface area contributed by atoms with Crippen LogP contribution in [0.3, 0.4) is 0 Å². The van der Waals surface area contributed by atoms with Gasteiger partial charge in [0.1, 0.15) is 15.9 Å². The van der Waals surface area contributed by atoms with E-state index in [2.05, 4.69) is 5.32 Å². The van der Waals surface area contributed by atoms with E-state index >= 15 is 0 Å². The van der Waals surface area contributed by atoms with Gasteiger partial charge in [-0.2, -0.15) is 5.26 Å². The Bertz CT molecular complexity index is 1000. The van der Waals surface area contributed by atoms with Crippen LogP contribution < -0.4 is 14.8 Å². The number of thiophene rings is 1. The first-order valence-corrected chi connectivity index (χ1v) is 10.2. The lowest BCUT2D eigenvalue weighted by Crippen LogP contribution is -2.07. The van der Waals surface area contributed by atoms with Crippen molar-refractivity contribution in [1.29, 1.82) is 5.26 Å². The number of nitriles is 1. The van der Waals surface area contributed by atoms with Gasteiger partial charge in [-0.25, -0.2) is 4.79 Å². The summed E-state index contributed by atoms with van der Waals surface area (Å²) in [7, 11) is 1.55. The van der Waals surface area contributed by atoms with Crippen LogP contribution >= 0.6 is 11.3 Å². The average molecular weight is 429 g/mol. The molecule has 0 radical (unpaired) electrons. The molecule has 2 rings (SSSR count). The quantitative estimate of drug-likeness (QED) is 0.489. The summed E-state index contributed by atoms with van der Waals surface area (Å²) < 4.78 is 16.0. The first-order chi connectivity index (χ1) is 14.3. The molecule has 2 aromatic rings. The molecule has 30 heavy (non-hydrogen) atoms. The van der Waals surface area contributed by atoms with Crippen LogP contribution in [0.1, 0.15) is 47.1 Å². The molecule has 0 saturated carbocycles. The van der Waals surface area contributed by atoms with Gasteiger partial charge in [0.05, 0.1) is 25.4 Å². The zero-order valence-corrected chi connectivity index (χ0v) is 18.4. The average Bonchev–Trinajstić information content (AvgIpc) is 3.02. The van der Waals surface area contributed by atoms with Crippen molar-refractivity contribution in [2.24, 2.45) is 0 Å². The lowest BCUT2D eigenvalue weighted by atomic mass is 10.1. The molecule has 0 spiro atoms. The van der Waals surface area contributed by atoms with E-state index in [1.807, 2.05) is 19.9 Å². The summed E-state index contributed by atoms with van der Waals surface area (Å²) in [5.41, 5.74) is 1.49. The van der Waals surface area contributed by atoms with Gasteiger partial charge in [0.2, 0.25) is 5.91 Å². The monoisotopic (exact) mass is 428 g/mol. The Morgan fingerprint density at radius 3 is 2.63 bits per heavy atom. The van der Waals surface area contributed by atoms with Gasteiger partial charge in [-0.1, -0.05) is 6.07 Å². The fourth-order valence-electron chi connectivity index (χ4n) is 2.59. The van der Waals surface area contributed by atoms with Crippen molar-refractivity contribution in [3.63, 3.8) is 0 Å². The second-order valence-electron chi connectivity index (χ2n) is 6.49. The van der Waals surface area contributed by atoms with Crippen molar-refractivity contribution in [2.45, 2.75) is 33.8 Å². The third-order valence-corrected chi connectivity index (χ3v) is 5.12. The first-order valence-electron chi connectivity index (χ1n) is 9.35. The van der Waals surface area contributed by atoms with Crippen molar-refractivity contribution in [1.82, 2.24) is 0 Å². The lowest BCUT2D eigenvalue weighted by molar-refractivity contribution is -0.111. The Kier molecular flexibility index (Phi) is 8.01. The van der Waals surface area contributed by atoms with E-state index in [-0.39, 0.29) is 18.3 Å². The molecule has 0 aliphatic rings. The van der Waals surface area contributed by atoms with Crippen molar-refractivity contribution in [2.75, 3.05) is 19.0 Å². The summed E-state index contributed by atoms with van der Waals surface area (Å²) >= 11 is 1.02. The van der Waals surface area contributed by atoms with Crippen LogP contribution in [-0.4, -0.2) is 31.7 Å². The molecule has 1 N–H and O–H groups in total. The van der Waals surface area contributed by atoms with Gasteiger partial charge in [-0.05, 0) is 57.0 Å². The van der Waals surface area contributed by atoms with E-state index in [4.69, 9.17) is 14.2 Å². The smallest absolute Gasteiger partial charge is 0.348 e. The van der Waals surface area contributed by atoms with Crippen molar-refractivity contribution < 1.29 is 23.8 Å². The molecule has 158 valence electrons. The molecule has 0 fully saturated rings. The number of carbonyl (C=O) groups is 2. The summed E-state index contributed by atoms with van der Waals surface area (Å²) in [6, 6.07) is 7.37. The van der Waals surface area contributed by atoms with E-state index in [1.54, 1.807) is 45.2 Å². The Balaban J connectivity index is 2.18. The van der Waals surface area contributed by atoms with Crippen LogP contribution in [0.5, 0.6) is 11.5 Å². The fraction of sp³-hybridized carbons (Fsp3) is 0.318. The lowest BCUT2D eigenvalue weighted by Gasteiger charge is -2.13. The van der Waals surface area contributed by atoms with E-state index in [0.29, 0.717) is 26.9 Å². The highest BCUT2D eigenvalue weighted by Crippen LogP contribution is 2.33. The third-order valence-electron chi connectivity index (χ3n) is 3.93. The molecule has 0 aliphatic carbocycles. The van der Waals surface area contributed by atoms with Gasteiger partial charge in [-0.15, -0.1) is 11.3 Å². The zero-order valence-electron chi connectivity index (χ0n) is 17.6. The number of hydrogen-bond acceptors (Lipinski definition) is 7. The predicted octanol–water partition coefficient (Wildman–Crippen LogP) is 4.55. The Morgan fingerprint density at radius 1 is 1.30 bits per heavy atom. The maximum absolute atomic E-state index is 12.4. The number of anilines is 1. The van der Waals surface area contributed by atoms with E-state index in [9.17, 15) is 14.9 Å². The minimum atomic E-state index is -0.511. The Morgan fingerprint density at radius 2 is 2.03 bits per heavy atom. The van der Waals surface area contributed by atoms with Crippen molar-refractivity contribution in [3.8, 4) is 17.6 Å². The zero-order chi connectivity index (χ0) is 22.3. The molecule has 1 heterocycles. The SMILES string of the molecule is CCOC(=O)c1sc(NC(=O)/C=C\c2ccc(OC(C)C)c(OC)c2)c(C#N)c1C. The van der Waals surface area contributed by atoms with Gasteiger partial charge in [0.15, 0.2) is 11.5 Å². The maximum atomic E-state index is 12.4. The minimum Gasteiger partial charge on any atom is -0.493 e. The van der Waals surface area contributed by atoms with Gasteiger partial charge < -0.3 is 19.5 Å². The molecule has 8 heteroatoms. The molecule has 1 aromatic heterocycles. The summed E-state index contributed by atoms with van der Waals surface area (Å²) in [6.07, 6.45) is 2.97. The molecule has 0 aliphatic heterocycles. The molecular weight excluding hydrogens is 404 g/mol. The number of nitrogens with zero attached hydrogens (tertiary/aromatic N) is 1. The minimum absolute atomic E-state index is 0.00847. The van der Waals surface area contributed by atoms with Crippen LogP contribution in [0.4, 0.5) is 5.00 Å².